The molecular weight excluding hydrogens is 227 g/mol. The highest BCUT2D eigenvalue weighted by molar-refractivity contribution is 7.84. The standard InChI is InChI=1S/C12H15FO2S/c1-16(15)8-12(14,9-2-3-9)10-4-6-11(13)7-5-10/h4-7,9,14H,2-3,8H2,1H3/t12-,16-/m1/s1. The van der Waals surface area contributed by atoms with E-state index in [1.165, 1.54) is 12.1 Å². The van der Waals surface area contributed by atoms with Gasteiger partial charge in [-0.2, -0.15) is 0 Å². The number of hydrogen-bond acceptors (Lipinski definition) is 2. The van der Waals surface area contributed by atoms with Crippen LogP contribution in [0.25, 0.3) is 0 Å². The van der Waals surface area contributed by atoms with Crippen molar-refractivity contribution in [2.24, 2.45) is 5.92 Å². The third-order valence-electron chi connectivity index (χ3n) is 3.02. The third kappa shape index (κ3) is 2.33. The average molecular weight is 242 g/mol. The Bertz CT molecular complexity index is 400. The second kappa shape index (κ2) is 4.26. The molecule has 1 aromatic carbocycles. The summed E-state index contributed by atoms with van der Waals surface area (Å²) in [6.07, 6.45) is 3.48. The smallest absolute Gasteiger partial charge is 0.123 e. The van der Waals surface area contributed by atoms with Gasteiger partial charge in [0.1, 0.15) is 11.4 Å². The first-order valence-corrected chi connectivity index (χ1v) is 7.03. The lowest BCUT2D eigenvalue weighted by Crippen LogP contribution is -2.34. The summed E-state index contributed by atoms with van der Waals surface area (Å²) < 4.78 is 24.1. The molecular formula is C12H15FO2S. The van der Waals surface area contributed by atoms with Crippen molar-refractivity contribution < 1.29 is 13.7 Å². The summed E-state index contributed by atoms with van der Waals surface area (Å²) in [6, 6.07) is 5.84. The first-order chi connectivity index (χ1) is 7.52. The van der Waals surface area contributed by atoms with Gasteiger partial charge in [0.2, 0.25) is 0 Å². The molecule has 4 heteroatoms. The Labute approximate surface area is 96.9 Å². The van der Waals surface area contributed by atoms with Crippen molar-refractivity contribution in [2.75, 3.05) is 12.0 Å². The number of aliphatic hydroxyl groups is 1. The van der Waals surface area contributed by atoms with Gasteiger partial charge < -0.3 is 5.11 Å². The molecule has 1 aliphatic rings. The van der Waals surface area contributed by atoms with Gasteiger partial charge in [0, 0.05) is 17.1 Å². The Hall–Kier alpha value is -0.740. The highest BCUT2D eigenvalue weighted by Gasteiger charge is 2.45. The van der Waals surface area contributed by atoms with Crippen molar-refractivity contribution in [1.82, 2.24) is 0 Å². The van der Waals surface area contributed by atoms with Crippen LogP contribution in [0.3, 0.4) is 0 Å². The number of hydrogen-bond donors (Lipinski definition) is 1. The molecule has 1 N–H and O–H groups in total. The number of halogens is 1. The normalized spacial score (nSPS) is 21.4. The summed E-state index contributed by atoms with van der Waals surface area (Å²) in [6.45, 7) is 0. The van der Waals surface area contributed by atoms with Crippen molar-refractivity contribution in [1.29, 1.82) is 0 Å². The van der Waals surface area contributed by atoms with Crippen molar-refractivity contribution in [3.05, 3.63) is 35.6 Å². The van der Waals surface area contributed by atoms with Crippen LogP contribution in [0.15, 0.2) is 24.3 Å². The fourth-order valence-electron chi connectivity index (χ4n) is 2.05. The molecule has 0 unspecified atom stereocenters. The first kappa shape index (κ1) is 11.7. The molecule has 1 aliphatic carbocycles. The largest absolute Gasteiger partial charge is 0.384 e. The van der Waals surface area contributed by atoms with Gasteiger partial charge in [-0.25, -0.2) is 4.39 Å². The number of benzene rings is 1. The Kier molecular flexibility index (Phi) is 3.13. The van der Waals surface area contributed by atoms with Gasteiger partial charge in [-0.05, 0) is 36.5 Å². The zero-order valence-electron chi connectivity index (χ0n) is 9.15. The second-order valence-corrected chi connectivity index (χ2v) is 5.86. The molecule has 0 aromatic heterocycles. The SMILES string of the molecule is C[S@@](=O)C[C@](O)(c1ccc(F)cc1)C1CC1. The first-order valence-electron chi connectivity index (χ1n) is 5.31. The van der Waals surface area contributed by atoms with Gasteiger partial charge >= 0.3 is 0 Å². The van der Waals surface area contributed by atoms with E-state index in [9.17, 15) is 13.7 Å². The van der Waals surface area contributed by atoms with Gasteiger partial charge in [-0.1, -0.05) is 12.1 Å². The molecule has 2 rings (SSSR count). The van der Waals surface area contributed by atoms with E-state index in [1.54, 1.807) is 18.4 Å². The fraction of sp³-hybridized carbons (Fsp3) is 0.500. The molecule has 0 amide bonds. The molecule has 2 atom stereocenters. The van der Waals surface area contributed by atoms with Crippen LogP contribution in [0.4, 0.5) is 4.39 Å². The molecule has 0 aliphatic heterocycles. The van der Waals surface area contributed by atoms with Crippen LogP contribution < -0.4 is 0 Å². The molecule has 0 heterocycles. The summed E-state index contributed by atoms with van der Waals surface area (Å²) in [5.74, 6) is 0.0740. The maximum absolute atomic E-state index is 12.8. The second-order valence-electron chi connectivity index (χ2n) is 4.42. The van der Waals surface area contributed by atoms with E-state index in [2.05, 4.69) is 0 Å². The molecule has 1 aromatic rings. The Morgan fingerprint density at radius 3 is 2.44 bits per heavy atom. The summed E-state index contributed by atoms with van der Waals surface area (Å²) in [7, 11) is -1.07. The van der Waals surface area contributed by atoms with Gasteiger partial charge in [0.25, 0.3) is 0 Å². The topological polar surface area (TPSA) is 37.3 Å². The predicted octanol–water partition coefficient (Wildman–Crippen LogP) is 1.80. The lowest BCUT2D eigenvalue weighted by molar-refractivity contribution is 0.0375. The molecule has 0 saturated heterocycles. The molecule has 88 valence electrons. The predicted molar refractivity (Wildman–Crippen MR) is 62.0 cm³/mol. The van der Waals surface area contributed by atoms with E-state index >= 15 is 0 Å². The molecule has 1 fully saturated rings. The highest BCUT2D eigenvalue weighted by Crippen LogP contribution is 2.46. The van der Waals surface area contributed by atoms with E-state index in [4.69, 9.17) is 0 Å². The fourth-order valence-corrected chi connectivity index (χ4v) is 3.07. The van der Waals surface area contributed by atoms with Crippen LogP contribution in [0.2, 0.25) is 0 Å². The van der Waals surface area contributed by atoms with E-state index < -0.39 is 16.4 Å². The van der Waals surface area contributed by atoms with Gasteiger partial charge in [0.05, 0.1) is 5.75 Å². The van der Waals surface area contributed by atoms with Crippen LogP contribution >= 0.6 is 0 Å². The zero-order chi connectivity index (χ0) is 11.8. The molecule has 16 heavy (non-hydrogen) atoms. The molecule has 0 bridgehead atoms. The lowest BCUT2D eigenvalue weighted by atomic mass is 9.91. The Morgan fingerprint density at radius 2 is 2.00 bits per heavy atom. The van der Waals surface area contributed by atoms with Crippen molar-refractivity contribution in [2.45, 2.75) is 18.4 Å². The Balaban J connectivity index is 2.31. The van der Waals surface area contributed by atoms with Gasteiger partial charge in [-0.15, -0.1) is 0 Å². The molecule has 0 spiro atoms. The minimum Gasteiger partial charge on any atom is -0.384 e. The minimum absolute atomic E-state index is 0.168. The zero-order valence-corrected chi connectivity index (χ0v) is 9.97. The van der Waals surface area contributed by atoms with E-state index in [-0.39, 0.29) is 17.5 Å². The van der Waals surface area contributed by atoms with E-state index in [1.807, 2.05) is 0 Å². The maximum atomic E-state index is 12.8. The third-order valence-corrected chi connectivity index (χ3v) is 3.87. The lowest BCUT2D eigenvalue weighted by Gasteiger charge is -2.27. The maximum Gasteiger partial charge on any atom is 0.123 e. The van der Waals surface area contributed by atoms with E-state index in [0.29, 0.717) is 5.56 Å². The van der Waals surface area contributed by atoms with Crippen LogP contribution in [-0.2, 0) is 16.4 Å². The van der Waals surface area contributed by atoms with Crippen LogP contribution in [0.1, 0.15) is 18.4 Å². The summed E-state index contributed by atoms with van der Waals surface area (Å²) in [5.41, 5.74) is -0.376. The van der Waals surface area contributed by atoms with Crippen molar-refractivity contribution >= 4 is 10.8 Å². The highest BCUT2D eigenvalue weighted by atomic mass is 32.2. The van der Waals surface area contributed by atoms with E-state index in [0.717, 1.165) is 12.8 Å². The van der Waals surface area contributed by atoms with Crippen LogP contribution in [-0.4, -0.2) is 21.3 Å². The van der Waals surface area contributed by atoms with Crippen molar-refractivity contribution in [3.63, 3.8) is 0 Å². The number of rotatable bonds is 4. The summed E-state index contributed by atoms with van der Waals surface area (Å²) >= 11 is 0. The molecule has 2 nitrogen and oxygen atoms in total. The quantitative estimate of drug-likeness (QED) is 0.874. The molecule has 1 saturated carbocycles. The summed E-state index contributed by atoms with van der Waals surface area (Å²) in [4.78, 5) is 0. The van der Waals surface area contributed by atoms with Crippen LogP contribution in [0.5, 0.6) is 0 Å². The summed E-state index contributed by atoms with van der Waals surface area (Å²) in [5, 5.41) is 10.6. The van der Waals surface area contributed by atoms with Gasteiger partial charge in [-0.3, -0.25) is 4.21 Å². The van der Waals surface area contributed by atoms with Crippen molar-refractivity contribution in [3.8, 4) is 0 Å². The minimum atomic E-state index is -1.07. The Morgan fingerprint density at radius 1 is 1.44 bits per heavy atom. The van der Waals surface area contributed by atoms with Gasteiger partial charge in [0.15, 0.2) is 0 Å². The monoisotopic (exact) mass is 242 g/mol. The van der Waals surface area contributed by atoms with Crippen LogP contribution in [0, 0.1) is 11.7 Å². The average Bonchev–Trinajstić information content (AvgIpc) is 3.00. The molecule has 0 radical (unpaired) electrons.